The molecule has 2 aliphatic rings. The molecule has 1 atom stereocenters. The van der Waals surface area contributed by atoms with Gasteiger partial charge in [0.1, 0.15) is 5.82 Å². The SMILES string of the molecule is CCOC(=O)C1CC12CCN(c1ccc(Nc3nc(-c4ccccc4)nc(/C=N\NC)c3C=O)cc1)CC2. The number of ether oxygens (including phenoxy) is 1. The molecule has 1 saturated heterocycles. The second-order valence-corrected chi connectivity index (χ2v) is 9.69. The number of rotatable bonds is 9. The van der Waals surface area contributed by atoms with Crippen LogP contribution < -0.4 is 15.6 Å². The van der Waals surface area contributed by atoms with Crippen LogP contribution in [0.25, 0.3) is 11.4 Å². The molecular weight excluding hydrogens is 480 g/mol. The van der Waals surface area contributed by atoms with Gasteiger partial charge in [0, 0.05) is 37.1 Å². The highest BCUT2D eigenvalue weighted by atomic mass is 16.5. The fraction of sp³-hybridized carbons (Fsp3) is 0.345. The fourth-order valence-electron chi connectivity index (χ4n) is 5.22. The van der Waals surface area contributed by atoms with Crippen molar-refractivity contribution in [1.29, 1.82) is 0 Å². The summed E-state index contributed by atoms with van der Waals surface area (Å²) in [6.07, 6.45) is 5.21. The third-order valence-corrected chi connectivity index (χ3v) is 7.46. The maximum Gasteiger partial charge on any atom is 0.309 e. The summed E-state index contributed by atoms with van der Waals surface area (Å²) >= 11 is 0. The highest BCUT2D eigenvalue weighted by molar-refractivity contribution is 5.96. The quantitative estimate of drug-likeness (QED) is 0.188. The number of nitrogens with one attached hydrogen (secondary N) is 2. The van der Waals surface area contributed by atoms with E-state index < -0.39 is 0 Å². The minimum Gasteiger partial charge on any atom is -0.466 e. The number of aldehydes is 1. The van der Waals surface area contributed by atoms with Crippen LogP contribution in [0.15, 0.2) is 59.7 Å². The molecule has 1 aliphatic heterocycles. The first-order valence-corrected chi connectivity index (χ1v) is 13.0. The van der Waals surface area contributed by atoms with Gasteiger partial charge in [-0.25, -0.2) is 9.97 Å². The summed E-state index contributed by atoms with van der Waals surface area (Å²) in [7, 11) is 1.68. The Kier molecular flexibility index (Phi) is 7.35. The molecule has 2 heterocycles. The van der Waals surface area contributed by atoms with E-state index >= 15 is 0 Å². The average molecular weight is 513 g/mol. The molecule has 196 valence electrons. The molecule has 2 fully saturated rings. The normalized spacial score (nSPS) is 17.8. The van der Waals surface area contributed by atoms with Crippen LogP contribution in [0.2, 0.25) is 0 Å². The molecule has 2 N–H and O–H groups in total. The zero-order valence-corrected chi connectivity index (χ0v) is 21.7. The Morgan fingerprint density at radius 2 is 1.87 bits per heavy atom. The average Bonchev–Trinajstić information content (AvgIpc) is 3.66. The van der Waals surface area contributed by atoms with Gasteiger partial charge in [-0.2, -0.15) is 5.10 Å². The summed E-state index contributed by atoms with van der Waals surface area (Å²) in [6, 6.07) is 17.7. The summed E-state index contributed by atoms with van der Waals surface area (Å²) < 4.78 is 5.24. The predicted octanol–water partition coefficient (Wildman–Crippen LogP) is 4.42. The van der Waals surface area contributed by atoms with Gasteiger partial charge in [-0.05, 0) is 55.9 Å². The Labute approximate surface area is 222 Å². The maximum absolute atomic E-state index is 12.2. The summed E-state index contributed by atoms with van der Waals surface area (Å²) in [5, 5.41) is 7.35. The lowest BCUT2D eigenvalue weighted by Crippen LogP contribution is -2.35. The van der Waals surface area contributed by atoms with Crippen LogP contribution in [-0.4, -0.2) is 55.2 Å². The van der Waals surface area contributed by atoms with Crippen LogP contribution >= 0.6 is 0 Å². The van der Waals surface area contributed by atoms with E-state index in [-0.39, 0.29) is 17.3 Å². The van der Waals surface area contributed by atoms with Gasteiger partial charge in [0.15, 0.2) is 12.1 Å². The van der Waals surface area contributed by atoms with Gasteiger partial charge in [0.25, 0.3) is 0 Å². The predicted molar refractivity (Wildman–Crippen MR) is 148 cm³/mol. The number of hydrogen-bond donors (Lipinski definition) is 2. The molecule has 1 aliphatic carbocycles. The first-order valence-electron chi connectivity index (χ1n) is 13.0. The van der Waals surface area contributed by atoms with Crippen molar-refractivity contribution in [1.82, 2.24) is 15.4 Å². The van der Waals surface area contributed by atoms with Gasteiger partial charge in [0.05, 0.1) is 30.0 Å². The second-order valence-electron chi connectivity index (χ2n) is 9.69. The van der Waals surface area contributed by atoms with Crippen molar-refractivity contribution in [3.63, 3.8) is 0 Å². The minimum absolute atomic E-state index is 0.0356. The van der Waals surface area contributed by atoms with Gasteiger partial charge in [-0.1, -0.05) is 30.3 Å². The number of aromatic nitrogens is 2. The zero-order valence-electron chi connectivity index (χ0n) is 21.7. The molecule has 0 amide bonds. The van der Waals surface area contributed by atoms with Crippen molar-refractivity contribution in [3.05, 3.63) is 65.9 Å². The van der Waals surface area contributed by atoms with Gasteiger partial charge in [-0.15, -0.1) is 0 Å². The van der Waals surface area contributed by atoms with Crippen LogP contribution in [0.5, 0.6) is 0 Å². The molecule has 2 aromatic carbocycles. The molecule has 0 radical (unpaired) electrons. The summed E-state index contributed by atoms with van der Waals surface area (Å²) in [5.74, 6) is 0.945. The number of anilines is 3. The third kappa shape index (κ3) is 5.22. The van der Waals surface area contributed by atoms with Crippen molar-refractivity contribution in [2.45, 2.75) is 26.2 Å². The smallest absolute Gasteiger partial charge is 0.309 e. The molecule has 0 bridgehead atoms. The molecule has 38 heavy (non-hydrogen) atoms. The van der Waals surface area contributed by atoms with E-state index in [1.54, 1.807) is 7.05 Å². The summed E-state index contributed by atoms with van der Waals surface area (Å²) in [5.41, 5.74) is 6.36. The van der Waals surface area contributed by atoms with Crippen molar-refractivity contribution in [3.8, 4) is 11.4 Å². The number of nitrogens with zero attached hydrogens (tertiary/aromatic N) is 4. The Bertz CT molecular complexity index is 1320. The van der Waals surface area contributed by atoms with E-state index in [9.17, 15) is 9.59 Å². The molecular formula is C29H32N6O3. The standard InChI is InChI=1S/C29H32N6O3/c1-3-38-28(37)24-17-29(24)13-15-35(16-14-29)22-11-9-21(10-12-22)32-27-23(19-36)25(18-31-30-2)33-26(34-27)20-7-5-4-6-8-20/h4-12,18-19,24,30H,3,13-17H2,1-2H3,(H,32,33,34)/b31-18-. The highest BCUT2D eigenvalue weighted by Crippen LogP contribution is 2.60. The van der Waals surface area contributed by atoms with E-state index in [1.165, 1.54) is 6.21 Å². The monoisotopic (exact) mass is 512 g/mol. The van der Waals surface area contributed by atoms with Crippen LogP contribution in [0, 0.1) is 11.3 Å². The van der Waals surface area contributed by atoms with E-state index in [0.717, 1.165) is 55.6 Å². The Hall–Kier alpha value is -4.27. The van der Waals surface area contributed by atoms with Crippen LogP contribution in [0.3, 0.4) is 0 Å². The van der Waals surface area contributed by atoms with E-state index in [0.29, 0.717) is 29.5 Å². The maximum atomic E-state index is 12.2. The number of esters is 1. The number of piperidine rings is 1. The lowest BCUT2D eigenvalue weighted by atomic mass is 9.90. The lowest BCUT2D eigenvalue weighted by Gasteiger charge is -2.34. The van der Waals surface area contributed by atoms with E-state index in [4.69, 9.17) is 4.74 Å². The Balaban J connectivity index is 1.31. The molecule has 1 spiro atoms. The Morgan fingerprint density at radius 3 is 2.53 bits per heavy atom. The minimum atomic E-state index is -0.0356. The largest absolute Gasteiger partial charge is 0.466 e. The number of carbonyl (C=O) groups is 2. The molecule has 3 aromatic rings. The van der Waals surface area contributed by atoms with Gasteiger partial charge >= 0.3 is 5.97 Å². The third-order valence-electron chi connectivity index (χ3n) is 7.46. The molecule has 9 nitrogen and oxygen atoms in total. The van der Waals surface area contributed by atoms with Crippen LogP contribution in [0.4, 0.5) is 17.2 Å². The van der Waals surface area contributed by atoms with Crippen molar-refractivity contribution in [2.75, 3.05) is 37.0 Å². The summed E-state index contributed by atoms with van der Waals surface area (Å²) in [6.45, 7) is 4.13. The first-order chi connectivity index (χ1) is 18.6. The lowest BCUT2D eigenvalue weighted by molar-refractivity contribution is -0.145. The Morgan fingerprint density at radius 1 is 1.13 bits per heavy atom. The zero-order chi connectivity index (χ0) is 26.5. The van der Waals surface area contributed by atoms with Crippen molar-refractivity contribution in [2.24, 2.45) is 16.4 Å². The van der Waals surface area contributed by atoms with E-state index in [2.05, 4.69) is 42.8 Å². The highest BCUT2D eigenvalue weighted by Gasteiger charge is 2.59. The van der Waals surface area contributed by atoms with Crippen molar-refractivity contribution < 1.29 is 14.3 Å². The molecule has 1 aromatic heterocycles. The molecule has 1 unspecified atom stereocenters. The fourth-order valence-corrected chi connectivity index (χ4v) is 5.22. The van der Waals surface area contributed by atoms with E-state index in [1.807, 2.05) is 49.4 Å². The van der Waals surface area contributed by atoms with Gasteiger partial charge in [0.2, 0.25) is 0 Å². The van der Waals surface area contributed by atoms with Crippen LogP contribution in [0.1, 0.15) is 42.2 Å². The number of benzene rings is 2. The molecule has 5 rings (SSSR count). The second kappa shape index (κ2) is 11.0. The molecule has 9 heteroatoms. The van der Waals surface area contributed by atoms with Crippen LogP contribution in [-0.2, 0) is 9.53 Å². The number of hydrogen-bond acceptors (Lipinski definition) is 9. The topological polar surface area (TPSA) is 109 Å². The molecule has 1 saturated carbocycles. The van der Waals surface area contributed by atoms with Gasteiger partial charge in [-0.3, -0.25) is 9.59 Å². The van der Waals surface area contributed by atoms with Gasteiger partial charge < -0.3 is 20.4 Å². The summed E-state index contributed by atoms with van der Waals surface area (Å²) in [4.78, 5) is 35.8. The van der Waals surface area contributed by atoms with Crippen molar-refractivity contribution >= 4 is 35.7 Å². The number of hydrazone groups is 1. The number of carbonyl (C=O) groups excluding carboxylic acids is 2. The first kappa shape index (κ1) is 25.4.